The second kappa shape index (κ2) is 8.23. The third kappa shape index (κ3) is 4.36. The molecule has 1 saturated heterocycles. The van der Waals surface area contributed by atoms with Gasteiger partial charge in [0.25, 0.3) is 0 Å². The maximum absolute atomic E-state index is 12.4. The van der Waals surface area contributed by atoms with E-state index in [4.69, 9.17) is 0 Å². The predicted molar refractivity (Wildman–Crippen MR) is 86.3 cm³/mol. The fraction of sp³-hybridized carbons (Fsp3) is 0.938. The molecule has 1 aliphatic carbocycles. The molecule has 0 aromatic rings. The van der Waals surface area contributed by atoms with Crippen molar-refractivity contribution < 1.29 is 4.79 Å². The Labute approximate surface area is 130 Å². The Hall–Kier alpha value is -0.280. The van der Waals surface area contributed by atoms with E-state index in [2.05, 4.69) is 24.5 Å². The number of unbranched alkanes of at least 4 members (excludes halogenated alkanes) is 1. The quantitative estimate of drug-likeness (QED) is 0.758. The molecular weight excluding hydrogens is 272 g/mol. The van der Waals surface area contributed by atoms with Crippen LogP contribution in [0.5, 0.6) is 0 Å². The lowest BCUT2D eigenvalue weighted by atomic mass is 9.91. The Morgan fingerprint density at radius 2 is 1.95 bits per heavy atom. The molecule has 2 N–H and O–H groups in total. The number of carbonyl (C=O) groups is 1. The van der Waals surface area contributed by atoms with Crippen molar-refractivity contribution >= 4 is 18.3 Å². The fourth-order valence-electron chi connectivity index (χ4n) is 3.59. The molecule has 0 aromatic carbocycles. The lowest BCUT2D eigenvalue weighted by molar-refractivity contribution is -0.124. The van der Waals surface area contributed by atoms with E-state index in [0.29, 0.717) is 23.3 Å². The van der Waals surface area contributed by atoms with E-state index in [1.54, 1.807) is 0 Å². The van der Waals surface area contributed by atoms with Crippen molar-refractivity contribution in [3.8, 4) is 0 Å². The third-order valence-electron chi connectivity index (χ3n) is 5.00. The summed E-state index contributed by atoms with van der Waals surface area (Å²) in [5, 5.41) is 6.72. The van der Waals surface area contributed by atoms with Crippen LogP contribution in [0.4, 0.5) is 0 Å². The molecule has 2 rings (SSSR count). The summed E-state index contributed by atoms with van der Waals surface area (Å²) < 4.78 is 0. The molecule has 1 amide bonds. The van der Waals surface area contributed by atoms with Gasteiger partial charge in [0.15, 0.2) is 0 Å². The predicted octanol–water partition coefficient (Wildman–Crippen LogP) is 3.27. The highest BCUT2D eigenvalue weighted by atomic mass is 35.5. The van der Waals surface area contributed by atoms with E-state index >= 15 is 0 Å². The van der Waals surface area contributed by atoms with Crippen molar-refractivity contribution in [3.63, 3.8) is 0 Å². The zero-order valence-corrected chi connectivity index (χ0v) is 13.9. The number of piperidine rings is 1. The molecular formula is C16H31ClN2O. The van der Waals surface area contributed by atoms with Gasteiger partial charge in [-0.15, -0.1) is 12.4 Å². The van der Waals surface area contributed by atoms with E-state index in [1.165, 1.54) is 25.7 Å². The van der Waals surface area contributed by atoms with Crippen LogP contribution in [-0.4, -0.2) is 25.0 Å². The van der Waals surface area contributed by atoms with Gasteiger partial charge in [-0.05, 0) is 50.6 Å². The minimum Gasteiger partial charge on any atom is -0.353 e. The maximum Gasteiger partial charge on any atom is 0.223 e. The lowest BCUT2D eigenvalue weighted by Gasteiger charge is -2.24. The minimum absolute atomic E-state index is 0. The zero-order valence-electron chi connectivity index (χ0n) is 13.0. The van der Waals surface area contributed by atoms with Gasteiger partial charge in [-0.1, -0.05) is 33.1 Å². The van der Waals surface area contributed by atoms with Crippen molar-refractivity contribution in [2.45, 2.75) is 71.3 Å². The number of halogens is 1. The Morgan fingerprint density at radius 1 is 1.25 bits per heavy atom. The molecule has 2 aliphatic rings. The number of hydrogen-bond donors (Lipinski definition) is 2. The lowest BCUT2D eigenvalue weighted by Crippen LogP contribution is -2.38. The van der Waals surface area contributed by atoms with Gasteiger partial charge in [-0.2, -0.15) is 0 Å². The normalized spacial score (nSPS) is 24.8. The van der Waals surface area contributed by atoms with E-state index in [1.807, 2.05) is 0 Å². The first-order valence-electron chi connectivity index (χ1n) is 8.23. The molecule has 1 aliphatic heterocycles. The highest BCUT2D eigenvalue weighted by Crippen LogP contribution is 2.58. The van der Waals surface area contributed by atoms with Gasteiger partial charge in [0.05, 0.1) is 0 Å². The third-order valence-corrected chi connectivity index (χ3v) is 5.00. The number of hydrogen-bond acceptors (Lipinski definition) is 2. The van der Waals surface area contributed by atoms with Crippen molar-refractivity contribution in [1.29, 1.82) is 0 Å². The van der Waals surface area contributed by atoms with Crippen LogP contribution in [-0.2, 0) is 4.79 Å². The van der Waals surface area contributed by atoms with Crippen molar-refractivity contribution in [1.82, 2.24) is 10.6 Å². The van der Waals surface area contributed by atoms with E-state index in [0.717, 1.165) is 38.8 Å². The topological polar surface area (TPSA) is 41.1 Å². The minimum atomic E-state index is 0. The van der Waals surface area contributed by atoms with Crippen LogP contribution in [0.25, 0.3) is 0 Å². The number of carbonyl (C=O) groups excluding carboxylic acids is 1. The van der Waals surface area contributed by atoms with Crippen LogP contribution < -0.4 is 10.6 Å². The molecule has 118 valence electrons. The Kier molecular flexibility index (Phi) is 7.32. The second-order valence-electron chi connectivity index (χ2n) is 6.51. The molecule has 2 atom stereocenters. The highest BCUT2D eigenvalue weighted by molar-refractivity contribution is 5.85. The molecule has 1 saturated carbocycles. The first-order valence-corrected chi connectivity index (χ1v) is 8.23. The first kappa shape index (κ1) is 17.8. The molecule has 4 heteroatoms. The average Bonchev–Trinajstić information content (AvgIpc) is 3.10. The summed E-state index contributed by atoms with van der Waals surface area (Å²) in [6.07, 6.45) is 9.41. The monoisotopic (exact) mass is 302 g/mol. The van der Waals surface area contributed by atoms with Crippen LogP contribution in [0, 0.1) is 11.3 Å². The number of amides is 1. The summed E-state index contributed by atoms with van der Waals surface area (Å²) in [5.41, 5.74) is 0.372. The van der Waals surface area contributed by atoms with Crippen LogP contribution in [0.2, 0.25) is 0 Å². The Balaban J connectivity index is 0.00000200. The van der Waals surface area contributed by atoms with Crippen molar-refractivity contribution in [2.24, 2.45) is 11.3 Å². The van der Waals surface area contributed by atoms with Gasteiger partial charge >= 0.3 is 0 Å². The largest absolute Gasteiger partial charge is 0.353 e. The zero-order chi connectivity index (χ0) is 13.7. The number of nitrogens with one attached hydrogen (secondary N) is 2. The SMILES string of the molecule is CCCCC(CCC)NC(=O)C1CC12CCNCC2.Cl. The molecule has 1 heterocycles. The molecule has 0 radical (unpaired) electrons. The fourth-order valence-corrected chi connectivity index (χ4v) is 3.59. The van der Waals surface area contributed by atoms with Gasteiger partial charge in [-0.3, -0.25) is 4.79 Å². The molecule has 2 fully saturated rings. The molecule has 0 aromatic heterocycles. The summed E-state index contributed by atoms with van der Waals surface area (Å²) in [5.74, 6) is 0.659. The van der Waals surface area contributed by atoms with E-state index in [-0.39, 0.29) is 12.4 Å². The summed E-state index contributed by atoms with van der Waals surface area (Å²) in [6.45, 7) is 6.61. The molecule has 2 unspecified atom stereocenters. The highest BCUT2D eigenvalue weighted by Gasteiger charge is 2.57. The average molecular weight is 303 g/mol. The molecule has 20 heavy (non-hydrogen) atoms. The van der Waals surface area contributed by atoms with Crippen LogP contribution in [0.1, 0.15) is 65.2 Å². The Morgan fingerprint density at radius 3 is 2.55 bits per heavy atom. The summed E-state index contributed by atoms with van der Waals surface area (Å²) in [6, 6.07) is 0.414. The van der Waals surface area contributed by atoms with Crippen molar-refractivity contribution in [2.75, 3.05) is 13.1 Å². The van der Waals surface area contributed by atoms with Gasteiger partial charge in [-0.25, -0.2) is 0 Å². The smallest absolute Gasteiger partial charge is 0.223 e. The molecule has 0 bridgehead atoms. The van der Waals surface area contributed by atoms with Crippen LogP contribution in [0.3, 0.4) is 0 Å². The number of rotatable bonds is 7. The summed E-state index contributed by atoms with van der Waals surface area (Å²) >= 11 is 0. The van der Waals surface area contributed by atoms with Gasteiger partial charge in [0.2, 0.25) is 5.91 Å². The summed E-state index contributed by atoms with van der Waals surface area (Å²) in [7, 11) is 0. The summed E-state index contributed by atoms with van der Waals surface area (Å²) in [4.78, 5) is 12.4. The van der Waals surface area contributed by atoms with Crippen molar-refractivity contribution in [3.05, 3.63) is 0 Å². The standard InChI is InChI=1S/C16H30N2O.ClH/c1-3-5-7-13(6-4-2)18-15(19)14-12-16(14)8-10-17-11-9-16;/h13-14,17H,3-12H2,1-2H3,(H,18,19);1H. The van der Waals surface area contributed by atoms with Crippen LogP contribution in [0.15, 0.2) is 0 Å². The van der Waals surface area contributed by atoms with Crippen LogP contribution >= 0.6 is 12.4 Å². The second-order valence-corrected chi connectivity index (χ2v) is 6.51. The van der Waals surface area contributed by atoms with Gasteiger partial charge in [0, 0.05) is 12.0 Å². The van der Waals surface area contributed by atoms with E-state index < -0.39 is 0 Å². The molecule has 1 spiro atoms. The van der Waals surface area contributed by atoms with Gasteiger partial charge in [0.1, 0.15) is 0 Å². The van der Waals surface area contributed by atoms with E-state index in [9.17, 15) is 4.79 Å². The van der Waals surface area contributed by atoms with Gasteiger partial charge < -0.3 is 10.6 Å². The first-order chi connectivity index (χ1) is 9.22. The Bertz CT molecular complexity index is 303. The molecule has 3 nitrogen and oxygen atoms in total. The maximum atomic E-state index is 12.4.